The van der Waals surface area contributed by atoms with Crippen LogP contribution < -0.4 is 9.47 Å². The van der Waals surface area contributed by atoms with Crippen molar-refractivity contribution in [2.75, 3.05) is 18.1 Å². The molecule has 0 saturated carbocycles. The summed E-state index contributed by atoms with van der Waals surface area (Å²) in [5.41, 5.74) is 1.89. The highest BCUT2D eigenvalue weighted by atomic mass is 32.2. The van der Waals surface area contributed by atoms with Crippen molar-refractivity contribution in [3.05, 3.63) is 59.7 Å². The first-order chi connectivity index (χ1) is 12.7. The Bertz CT molecular complexity index is 750. The van der Waals surface area contributed by atoms with E-state index in [0.717, 1.165) is 0 Å². The largest absolute Gasteiger partial charge is 0.482 e. The summed E-state index contributed by atoms with van der Waals surface area (Å²) in [6.45, 7) is 1.64. The third-order valence-electron chi connectivity index (χ3n) is 3.86. The zero-order valence-corrected chi connectivity index (χ0v) is 16.1. The van der Waals surface area contributed by atoms with E-state index in [1.54, 1.807) is 24.3 Å². The van der Waals surface area contributed by atoms with E-state index >= 15 is 0 Å². The molecular weight excluding hydrogens is 368 g/mol. The van der Waals surface area contributed by atoms with Crippen molar-refractivity contribution in [3.8, 4) is 11.5 Å². The van der Waals surface area contributed by atoms with Crippen LogP contribution in [0.4, 0.5) is 0 Å². The predicted octanol–water partition coefficient (Wildman–Crippen LogP) is 4.74. The SMILES string of the molecule is CCC(=O)c1ccc(OCC(=O)Oc2ccc(C3SCCS3)cc2)cc1. The molecule has 26 heavy (non-hydrogen) atoms. The molecule has 4 nitrogen and oxygen atoms in total. The Morgan fingerprint density at radius 3 is 2.19 bits per heavy atom. The maximum absolute atomic E-state index is 11.9. The average Bonchev–Trinajstić information content (AvgIpc) is 3.21. The van der Waals surface area contributed by atoms with E-state index < -0.39 is 5.97 Å². The van der Waals surface area contributed by atoms with Gasteiger partial charge >= 0.3 is 5.97 Å². The first kappa shape index (κ1) is 18.9. The minimum atomic E-state index is -0.462. The van der Waals surface area contributed by atoms with E-state index in [9.17, 15) is 9.59 Å². The van der Waals surface area contributed by atoms with Crippen LogP contribution >= 0.6 is 23.5 Å². The lowest BCUT2D eigenvalue weighted by molar-refractivity contribution is -0.136. The number of hydrogen-bond donors (Lipinski definition) is 0. The number of Topliss-reactive ketones (excluding diaryl/α,β-unsaturated/α-hetero) is 1. The maximum Gasteiger partial charge on any atom is 0.349 e. The zero-order chi connectivity index (χ0) is 18.4. The van der Waals surface area contributed by atoms with E-state index in [-0.39, 0.29) is 12.4 Å². The highest BCUT2D eigenvalue weighted by Gasteiger charge is 2.18. The molecule has 0 aliphatic carbocycles. The zero-order valence-electron chi connectivity index (χ0n) is 14.5. The minimum Gasteiger partial charge on any atom is -0.482 e. The normalized spacial score (nSPS) is 14.2. The number of benzene rings is 2. The summed E-state index contributed by atoms with van der Waals surface area (Å²) in [7, 11) is 0. The molecule has 1 aliphatic rings. The first-order valence-electron chi connectivity index (χ1n) is 8.45. The van der Waals surface area contributed by atoms with Crippen LogP contribution in [0.1, 0.15) is 33.8 Å². The second kappa shape index (κ2) is 9.14. The second-order valence-electron chi connectivity index (χ2n) is 5.71. The van der Waals surface area contributed by atoms with E-state index in [1.165, 1.54) is 17.1 Å². The Morgan fingerprint density at radius 1 is 0.962 bits per heavy atom. The van der Waals surface area contributed by atoms with Gasteiger partial charge < -0.3 is 9.47 Å². The molecule has 0 aromatic heterocycles. The van der Waals surface area contributed by atoms with Gasteiger partial charge in [-0.15, -0.1) is 23.5 Å². The fourth-order valence-electron chi connectivity index (χ4n) is 2.49. The Labute approximate surface area is 161 Å². The molecule has 0 N–H and O–H groups in total. The van der Waals surface area contributed by atoms with E-state index in [4.69, 9.17) is 9.47 Å². The Morgan fingerprint density at radius 2 is 1.58 bits per heavy atom. The number of carbonyl (C=O) groups is 2. The van der Waals surface area contributed by atoms with Gasteiger partial charge in [-0.3, -0.25) is 4.79 Å². The lowest BCUT2D eigenvalue weighted by Crippen LogP contribution is -2.17. The van der Waals surface area contributed by atoms with Crippen LogP contribution in [0.3, 0.4) is 0 Å². The summed E-state index contributed by atoms with van der Waals surface area (Å²) >= 11 is 3.88. The van der Waals surface area contributed by atoms with Gasteiger partial charge in [-0.1, -0.05) is 19.1 Å². The number of esters is 1. The van der Waals surface area contributed by atoms with Crippen molar-refractivity contribution < 1.29 is 19.1 Å². The van der Waals surface area contributed by atoms with Gasteiger partial charge in [-0.25, -0.2) is 4.79 Å². The quantitative estimate of drug-likeness (QED) is 0.388. The lowest BCUT2D eigenvalue weighted by atomic mass is 10.1. The van der Waals surface area contributed by atoms with E-state index in [0.29, 0.717) is 28.1 Å². The molecule has 2 aromatic carbocycles. The maximum atomic E-state index is 11.9. The predicted molar refractivity (Wildman–Crippen MR) is 106 cm³/mol. The number of ether oxygens (including phenoxy) is 2. The van der Waals surface area contributed by atoms with Crippen LogP contribution in [-0.2, 0) is 4.79 Å². The smallest absolute Gasteiger partial charge is 0.349 e. The van der Waals surface area contributed by atoms with Crippen LogP contribution in [0.2, 0.25) is 0 Å². The summed E-state index contributed by atoms with van der Waals surface area (Å²) in [6.07, 6.45) is 0.462. The van der Waals surface area contributed by atoms with Crippen LogP contribution in [0.5, 0.6) is 11.5 Å². The fraction of sp³-hybridized carbons (Fsp3) is 0.300. The molecule has 1 aliphatic heterocycles. The Balaban J connectivity index is 1.48. The molecule has 6 heteroatoms. The summed E-state index contributed by atoms with van der Waals surface area (Å²) in [4.78, 5) is 23.5. The molecule has 0 radical (unpaired) electrons. The molecule has 3 rings (SSSR count). The highest BCUT2D eigenvalue weighted by molar-refractivity contribution is 8.19. The standard InChI is InChI=1S/C20H20O4S2/c1-2-18(21)14-3-7-16(8-4-14)23-13-19(22)24-17-9-5-15(6-10-17)20-25-11-12-26-20/h3-10,20H,2,11-13H2,1H3. The second-order valence-corrected chi connectivity index (χ2v) is 8.43. The van der Waals surface area contributed by atoms with Gasteiger partial charge in [-0.05, 0) is 42.0 Å². The Kier molecular flexibility index (Phi) is 6.63. The van der Waals surface area contributed by atoms with Crippen LogP contribution in [0.15, 0.2) is 48.5 Å². The van der Waals surface area contributed by atoms with Gasteiger partial charge in [0.15, 0.2) is 12.4 Å². The third kappa shape index (κ3) is 5.05. The van der Waals surface area contributed by atoms with E-state index in [1.807, 2.05) is 54.7 Å². The van der Waals surface area contributed by atoms with Gasteiger partial charge in [0, 0.05) is 23.5 Å². The molecular formula is C20H20O4S2. The van der Waals surface area contributed by atoms with Crippen molar-refractivity contribution in [2.45, 2.75) is 17.9 Å². The minimum absolute atomic E-state index is 0.0776. The molecule has 0 spiro atoms. The summed E-state index contributed by atoms with van der Waals surface area (Å²) < 4.78 is 11.2. The highest BCUT2D eigenvalue weighted by Crippen LogP contribution is 2.45. The number of rotatable bonds is 7. The molecule has 1 fully saturated rings. The Hall–Kier alpha value is -1.92. The molecule has 136 valence electrons. The average molecular weight is 389 g/mol. The topological polar surface area (TPSA) is 52.6 Å². The summed E-state index contributed by atoms with van der Waals surface area (Å²) in [6, 6.07) is 14.4. The monoisotopic (exact) mass is 388 g/mol. The molecule has 0 unspecified atom stereocenters. The van der Waals surface area contributed by atoms with Crippen molar-refractivity contribution >= 4 is 35.3 Å². The number of carbonyl (C=O) groups excluding carboxylic acids is 2. The summed E-state index contributed by atoms with van der Waals surface area (Å²) in [5.74, 6) is 3.01. The van der Waals surface area contributed by atoms with Crippen LogP contribution in [-0.4, -0.2) is 29.9 Å². The number of ketones is 1. The number of thioether (sulfide) groups is 2. The van der Waals surface area contributed by atoms with Gasteiger partial charge in [0.2, 0.25) is 0 Å². The lowest BCUT2D eigenvalue weighted by Gasteiger charge is -2.10. The van der Waals surface area contributed by atoms with Crippen LogP contribution in [0.25, 0.3) is 0 Å². The molecule has 0 bridgehead atoms. The fourth-order valence-corrected chi connectivity index (χ4v) is 5.35. The third-order valence-corrected chi connectivity index (χ3v) is 6.96. The molecule has 1 saturated heterocycles. The van der Waals surface area contributed by atoms with Gasteiger partial charge in [0.05, 0.1) is 4.58 Å². The molecule has 0 amide bonds. The first-order valence-corrected chi connectivity index (χ1v) is 10.6. The van der Waals surface area contributed by atoms with Crippen molar-refractivity contribution in [1.82, 2.24) is 0 Å². The molecule has 2 aromatic rings. The molecule has 1 heterocycles. The van der Waals surface area contributed by atoms with E-state index in [2.05, 4.69) is 0 Å². The van der Waals surface area contributed by atoms with Gasteiger partial charge in [0.25, 0.3) is 0 Å². The molecule has 0 atom stereocenters. The van der Waals surface area contributed by atoms with Crippen molar-refractivity contribution in [1.29, 1.82) is 0 Å². The van der Waals surface area contributed by atoms with Gasteiger partial charge in [0.1, 0.15) is 11.5 Å². The number of hydrogen-bond acceptors (Lipinski definition) is 6. The van der Waals surface area contributed by atoms with Gasteiger partial charge in [-0.2, -0.15) is 0 Å². The van der Waals surface area contributed by atoms with Crippen LogP contribution in [0, 0.1) is 0 Å². The summed E-state index contributed by atoms with van der Waals surface area (Å²) in [5, 5.41) is 0. The van der Waals surface area contributed by atoms with Crippen molar-refractivity contribution in [3.63, 3.8) is 0 Å². The van der Waals surface area contributed by atoms with Crippen molar-refractivity contribution in [2.24, 2.45) is 0 Å².